The maximum absolute atomic E-state index is 12.5. The molecule has 1 unspecified atom stereocenters. The third-order valence-corrected chi connectivity index (χ3v) is 4.62. The summed E-state index contributed by atoms with van der Waals surface area (Å²) < 4.78 is 10.8. The van der Waals surface area contributed by atoms with Crippen molar-refractivity contribution in [3.05, 3.63) is 88.9 Å². The van der Waals surface area contributed by atoms with E-state index < -0.39 is 6.10 Å². The molecular weight excluding hydrogens is 390 g/mol. The largest absolute Gasteiger partial charge is 0.497 e. The monoisotopic (exact) mass is 409 g/mol. The van der Waals surface area contributed by atoms with Gasteiger partial charge in [-0.3, -0.25) is 9.59 Å². The van der Waals surface area contributed by atoms with Gasteiger partial charge in [0.25, 0.3) is 5.91 Å². The summed E-state index contributed by atoms with van der Waals surface area (Å²) in [4.78, 5) is 24.8. The first-order valence-corrected chi connectivity index (χ1v) is 9.36. The minimum absolute atomic E-state index is 0.135. The molecule has 1 N–H and O–H groups in total. The van der Waals surface area contributed by atoms with Gasteiger partial charge in [-0.25, -0.2) is 0 Å². The topological polar surface area (TPSA) is 64.6 Å². The third kappa shape index (κ3) is 5.15. The number of hydrogen-bond acceptors (Lipinski definition) is 4. The van der Waals surface area contributed by atoms with Gasteiger partial charge in [-0.1, -0.05) is 23.7 Å². The predicted octanol–water partition coefficient (Wildman–Crippen LogP) is 5.25. The van der Waals surface area contributed by atoms with Gasteiger partial charge in [0, 0.05) is 11.3 Å². The van der Waals surface area contributed by atoms with E-state index >= 15 is 0 Å². The van der Waals surface area contributed by atoms with Gasteiger partial charge in [-0.15, -0.1) is 0 Å². The number of rotatable bonds is 7. The van der Waals surface area contributed by atoms with Crippen LogP contribution in [0.25, 0.3) is 0 Å². The summed E-state index contributed by atoms with van der Waals surface area (Å²) in [5.41, 5.74) is 1.53. The number of carbonyl (C=O) groups is 2. The lowest BCUT2D eigenvalue weighted by molar-refractivity contribution is 0.0818. The maximum Gasteiger partial charge on any atom is 0.257 e. The van der Waals surface area contributed by atoms with Crippen molar-refractivity contribution in [2.75, 3.05) is 12.4 Å². The first-order chi connectivity index (χ1) is 14.0. The first kappa shape index (κ1) is 20.4. The zero-order chi connectivity index (χ0) is 20.8. The molecule has 148 valence electrons. The van der Waals surface area contributed by atoms with Crippen molar-refractivity contribution in [2.24, 2.45) is 0 Å². The molecule has 6 heteroatoms. The van der Waals surface area contributed by atoms with E-state index in [4.69, 9.17) is 21.1 Å². The summed E-state index contributed by atoms with van der Waals surface area (Å²) >= 11 is 6.05. The van der Waals surface area contributed by atoms with E-state index in [1.165, 1.54) is 0 Å². The molecule has 29 heavy (non-hydrogen) atoms. The second kappa shape index (κ2) is 9.26. The van der Waals surface area contributed by atoms with Gasteiger partial charge in [0.2, 0.25) is 5.78 Å². The summed E-state index contributed by atoms with van der Waals surface area (Å²) in [5, 5.41) is 3.17. The number of hydrogen-bond donors (Lipinski definition) is 1. The lowest BCUT2D eigenvalue weighted by atomic mass is 10.1. The Hall–Kier alpha value is -3.31. The lowest BCUT2D eigenvalue weighted by Crippen LogP contribution is -2.23. The van der Waals surface area contributed by atoms with Gasteiger partial charge in [-0.05, 0) is 67.6 Å². The van der Waals surface area contributed by atoms with E-state index in [9.17, 15) is 9.59 Å². The van der Waals surface area contributed by atoms with Crippen molar-refractivity contribution in [1.29, 1.82) is 0 Å². The third-order valence-electron chi connectivity index (χ3n) is 4.29. The molecule has 3 rings (SSSR count). The van der Waals surface area contributed by atoms with E-state index in [0.717, 1.165) is 0 Å². The van der Waals surface area contributed by atoms with E-state index in [-0.39, 0.29) is 11.7 Å². The summed E-state index contributed by atoms with van der Waals surface area (Å²) in [7, 11) is 1.57. The van der Waals surface area contributed by atoms with Crippen LogP contribution < -0.4 is 14.8 Å². The Labute approximate surface area is 174 Å². The van der Waals surface area contributed by atoms with Crippen molar-refractivity contribution in [1.82, 2.24) is 0 Å². The fourth-order valence-corrected chi connectivity index (χ4v) is 2.93. The fraction of sp³-hybridized carbons (Fsp3) is 0.130. The van der Waals surface area contributed by atoms with E-state index in [1.54, 1.807) is 86.8 Å². The smallest absolute Gasteiger partial charge is 0.257 e. The normalized spacial score (nSPS) is 11.4. The highest BCUT2D eigenvalue weighted by Gasteiger charge is 2.17. The number of Topliss-reactive ketones (excluding diaryl/α,β-unsaturated/α-hetero) is 1. The molecule has 3 aromatic carbocycles. The lowest BCUT2D eigenvalue weighted by Gasteiger charge is -2.14. The van der Waals surface area contributed by atoms with Crippen LogP contribution >= 0.6 is 11.6 Å². The van der Waals surface area contributed by atoms with Crippen LogP contribution in [0.3, 0.4) is 0 Å². The Morgan fingerprint density at radius 3 is 2.14 bits per heavy atom. The van der Waals surface area contributed by atoms with Gasteiger partial charge in [0.05, 0.1) is 17.7 Å². The molecule has 0 spiro atoms. The molecule has 0 saturated carbocycles. The van der Waals surface area contributed by atoms with Crippen LogP contribution in [0.2, 0.25) is 5.02 Å². The first-order valence-electron chi connectivity index (χ1n) is 8.99. The molecule has 0 aliphatic heterocycles. The standard InChI is InChI=1S/C23H20ClNO4/c1-15(22(26)16-7-11-18(28-2)12-8-16)29-19-13-9-17(10-14-19)25-23(27)20-5-3-4-6-21(20)24/h3-15H,1-2H3,(H,25,27). The van der Waals surface area contributed by atoms with Crippen molar-refractivity contribution in [2.45, 2.75) is 13.0 Å². The van der Waals surface area contributed by atoms with Crippen LogP contribution in [0.15, 0.2) is 72.8 Å². The molecule has 0 fully saturated rings. The van der Waals surface area contributed by atoms with Crippen LogP contribution in [0.1, 0.15) is 27.6 Å². The van der Waals surface area contributed by atoms with Crippen molar-refractivity contribution in [3.63, 3.8) is 0 Å². The quantitative estimate of drug-likeness (QED) is 0.541. The number of ether oxygens (including phenoxy) is 2. The number of carbonyl (C=O) groups excluding carboxylic acids is 2. The molecule has 0 aliphatic carbocycles. The van der Waals surface area contributed by atoms with E-state index in [1.807, 2.05) is 0 Å². The number of amides is 1. The van der Waals surface area contributed by atoms with Crippen LogP contribution in [0.4, 0.5) is 5.69 Å². The molecule has 0 radical (unpaired) electrons. The van der Waals surface area contributed by atoms with Gasteiger partial charge >= 0.3 is 0 Å². The van der Waals surface area contributed by atoms with E-state index in [2.05, 4.69) is 5.32 Å². The SMILES string of the molecule is COc1ccc(C(=O)C(C)Oc2ccc(NC(=O)c3ccccc3Cl)cc2)cc1. The number of benzene rings is 3. The van der Waals surface area contributed by atoms with Crippen molar-refractivity contribution in [3.8, 4) is 11.5 Å². The molecule has 0 heterocycles. The molecule has 0 aliphatic rings. The maximum atomic E-state index is 12.5. The zero-order valence-electron chi connectivity index (χ0n) is 16.0. The molecule has 1 atom stereocenters. The fourth-order valence-electron chi connectivity index (χ4n) is 2.71. The number of halogens is 1. The number of nitrogens with one attached hydrogen (secondary N) is 1. The highest BCUT2D eigenvalue weighted by molar-refractivity contribution is 6.34. The molecule has 3 aromatic rings. The Bertz CT molecular complexity index is 1000. The zero-order valence-corrected chi connectivity index (χ0v) is 16.8. The number of ketones is 1. The summed E-state index contributed by atoms with van der Waals surface area (Å²) in [6.07, 6.45) is -0.660. The molecular formula is C23H20ClNO4. The van der Waals surface area contributed by atoms with Crippen LogP contribution in [-0.4, -0.2) is 24.9 Å². The molecule has 5 nitrogen and oxygen atoms in total. The van der Waals surface area contributed by atoms with Crippen molar-refractivity contribution >= 4 is 29.0 Å². The Kier molecular flexibility index (Phi) is 6.52. The van der Waals surface area contributed by atoms with Gasteiger partial charge < -0.3 is 14.8 Å². The minimum Gasteiger partial charge on any atom is -0.497 e. The van der Waals surface area contributed by atoms with E-state index in [0.29, 0.717) is 33.3 Å². The highest BCUT2D eigenvalue weighted by atomic mass is 35.5. The van der Waals surface area contributed by atoms with Gasteiger partial charge in [-0.2, -0.15) is 0 Å². The van der Waals surface area contributed by atoms with Crippen molar-refractivity contribution < 1.29 is 19.1 Å². The van der Waals surface area contributed by atoms with Crippen LogP contribution in [0, 0.1) is 0 Å². The van der Waals surface area contributed by atoms with Crippen LogP contribution in [-0.2, 0) is 0 Å². The number of anilines is 1. The Balaban J connectivity index is 1.61. The summed E-state index contributed by atoms with van der Waals surface area (Å²) in [6, 6.07) is 20.5. The van der Waals surface area contributed by atoms with Gasteiger partial charge in [0.15, 0.2) is 6.10 Å². The minimum atomic E-state index is -0.660. The molecule has 0 aromatic heterocycles. The molecule has 0 bridgehead atoms. The predicted molar refractivity (Wildman–Crippen MR) is 113 cm³/mol. The highest BCUT2D eigenvalue weighted by Crippen LogP contribution is 2.21. The summed E-state index contributed by atoms with van der Waals surface area (Å²) in [5.74, 6) is 0.774. The Morgan fingerprint density at radius 2 is 1.52 bits per heavy atom. The van der Waals surface area contributed by atoms with Crippen LogP contribution in [0.5, 0.6) is 11.5 Å². The van der Waals surface area contributed by atoms with Gasteiger partial charge in [0.1, 0.15) is 11.5 Å². The molecule has 1 amide bonds. The average molecular weight is 410 g/mol. The second-order valence-electron chi connectivity index (χ2n) is 6.31. The Morgan fingerprint density at radius 1 is 0.897 bits per heavy atom. The number of methoxy groups -OCH3 is 1. The second-order valence-corrected chi connectivity index (χ2v) is 6.72. The summed E-state index contributed by atoms with van der Waals surface area (Å²) in [6.45, 7) is 1.69. The average Bonchev–Trinajstić information content (AvgIpc) is 2.75. The molecule has 0 saturated heterocycles.